The third kappa shape index (κ3) is 3.20. The van der Waals surface area contributed by atoms with Gasteiger partial charge in [-0.3, -0.25) is 4.79 Å². The third-order valence-corrected chi connectivity index (χ3v) is 2.93. The van der Waals surface area contributed by atoms with Crippen LogP contribution in [0.5, 0.6) is 0 Å². The molecule has 1 aliphatic rings. The Hall–Kier alpha value is -1.62. The highest BCUT2D eigenvalue weighted by Gasteiger charge is 2.19. The lowest BCUT2D eigenvalue weighted by Gasteiger charge is -2.11. The van der Waals surface area contributed by atoms with Gasteiger partial charge in [-0.25, -0.2) is 4.98 Å². The molecule has 2 rings (SSSR count). The van der Waals surface area contributed by atoms with Gasteiger partial charge in [-0.15, -0.1) is 0 Å². The molecule has 1 unspecified atom stereocenters. The number of anilines is 1. The monoisotopic (exact) mass is 249 g/mol. The number of hydrogen-bond acceptors (Lipinski definition) is 4. The van der Waals surface area contributed by atoms with Crippen LogP contribution in [-0.2, 0) is 11.2 Å². The first kappa shape index (κ1) is 12.8. The van der Waals surface area contributed by atoms with Crippen LogP contribution < -0.4 is 11.1 Å². The van der Waals surface area contributed by atoms with E-state index < -0.39 is 0 Å². The number of nitrogens with one attached hydrogen (secondary N) is 1. The van der Waals surface area contributed by atoms with E-state index in [0.29, 0.717) is 24.6 Å². The molecule has 0 saturated carbocycles. The average Bonchev–Trinajstić information content (AvgIpc) is 2.81. The van der Waals surface area contributed by atoms with Crippen molar-refractivity contribution in [2.24, 2.45) is 0 Å². The minimum absolute atomic E-state index is 0.100. The first-order valence-corrected chi connectivity index (χ1v) is 6.34. The van der Waals surface area contributed by atoms with Crippen molar-refractivity contribution < 1.29 is 9.53 Å². The first-order valence-electron chi connectivity index (χ1n) is 6.34. The molecule has 5 nitrogen and oxygen atoms in total. The smallest absolute Gasteiger partial charge is 0.251 e. The van der Waals surface area contributed by atoms with E-state index in [1.54, 1.807) is 6.07 Å². The highest BCUT2D eigenvalue weighted by atomic mass is 16.5. The molecule has 1 atom stereocenters. The molecule has 1 aliphatic heterocycles. The molecule has 0 bridgehead atoms. The molecule has 18 heavy (non-hydrogen) atoms. The van der Waals surface area contributed by atoms with Gasteiger partial charge in [0.2, 0.25) is 0 Å². The molecule has 1 aromatic rings. The number of nitrogen functional groups attached to an aromatic ring is 1. The quantitative estimate of drug-likeness (QED) is 0.838. The number of nitrogens with two attached hydrogens (primary N) is 1. The van der Waals surface area contributed by atoms with Crippen molar-refractivity contribution in [2.75, 3.05) is 18.9 Å². The first-order chi connectivity index (χ1) is 8.69. The fraction of sp³-hybridized carbons (Fsp3) is 0.538. The Labute approximate surface area is 107 Å². The number of nitrogens with zero attached hydrogens (tertiary/aromatic N) is 1. The van der Waals surface area contributed by atoms with Crippen molar-refractivity contribution in [1.82, 2.24) is 10.3 Å². The van der Waals surface area contributed by atoms with Gasteiger partial charge < -0.3 is 15.8 Å². The molecule has 0 aromatic carbocycles. The van der Waals surface area contributed by atoms with Crippen molar-refractivity contribution in [3.05, 3.63) is 23.4 Å². The summed E-state index contributed by atoms with van der Waals surface area (Å²) in [5.74, 6) is 0.297. The minimum Gasteiger partial charge on any atom is -0.384 e. The van der Waals surface area contributed by atoms with Gasteiger partial charge >= 0.3 is 0 Å². The van der Waals surface area contributed by atoms with Gasteiger partial charge in [0, 0.05) is 17.9 Å². The summed E-state index contributed by atoms with van der Waals surface area (Å²) in [6.07, 6.45) is 2.68. The number of ether oxygens (including phenoxy) is 1. The fourth-order valence-electron chi connectivity index (χ4n) is 2.04. The molecular weight excluding hydrogens is 230 g/mol. The zero-order valence-corrected chi connectivity index (χ0v) is 10.6. The van der Waals surface area contributed by atoms with Crippen molar-refractivity contribution in [3.63, 3.8) is 0 Å². The molecule has 2 heterocycles. The number of pyridine rings is 1. The van der Waals surface area contributed by atoms with Crippen molar-refractivity contribution in [1.29, 1.82) is 0 Å². The lowest BCUT2D eigenvalue weighted by atomic mass is 10.1. The van der Waals surface area contributed by atoms with E-state index in [9.17, 15) is 4.79 Å². The second kappa shape index (κ2) is 5.82. The number of hydrogen-bond donors (Lipinski definition) is 2. The molecule has 1 fully saturated rings. The van der Waals surface area contributed by atoms with Gasteiger partial charge in [0.1, 0.15) is 5.82 Å². The topological polar surface area (TPSA) is 77.2 Å². The number of aryl methyl sites for hydroxylation is 1. The average molecular weight is 249 g/mol. The Morgan fingerprint density at radius 3 is 3.11 bits per heavy atom. The Kier molecular flexibility index (Phi) is 4.15. The highest BCUT2D eigenvalue weighted by Crippen LogP contribution is 2.11. The molecule has 0 radical (unpaired) electrons. The largest absolute Gasteiger partial charge is 0.384 e. The van der Waals surface area contributed by atoms with Crippen LogP contribution in [0.25, 0.3) is 0 Å². The summed E-state index contributed by atoms with van der Waals surface area (Å²) in [5.41, 5.74) is 7.17. The fourth-order valence-corrected chi connectivity index (χ4v) is 2.04. The van der Waals surface area contributed by atoms with E-state index >= 15 is 0 Å². The predicted molar refractivity (Wildman–Crippen MR) is 69.3 cm³/mol. The molecule has 98 valence electrons. The summed E-state index contributed by atoms with van der Waals surface area (Å²) < 4.78 is 5.23. The molecule has 1 saturated heterocycles. The van der Waals surface area contributed by atoms with E-state index in [-0.39, 0.29) is 11.9 Å². The Morgan fingerprint density at radius 2 is 2.44 bits per heavy atom. The summed E-state index contributed by atoms with van der Waals surface area (Å²) >= 11 is 0. The van der Waals surface area contributed by atoms with E-state index in [4.69, 9.17) is 10.5 Å². The predicted octanol–water partition coefficient (Wildman–Crippen LogP) is 1.13. The number of carbonyl (C=O) groups is 1. The maximum Gasteiger partial charge on any atom is 0.251 e. The lowest BCUT2D eigenvalue weighted by Crippen LogP contribution is -2.35. The lowest BCUT2D eigenvalue weighted by molar-refractivity contribution is 0.0929. The van der Waals surface area contributed by atoms with Gasteiger partial charge in [0.15, 0.2) is 0 Å². The van der Waals surface area contributed by atoms with Crippen molar-refractivity contribution >= 4 is 11.7 Å². The molecule has 1 amide bonds. The van der Waals surface area contributed by atoms with Gasteiger partial charge in [0.05, 0.1) is 12.6 Å². The van der Waals surface area contributed by atoms with Gasteiger partial charge in [0.25, 0.3) is 5.91 Å². The van der Waals surface area contributed by atoms with E-state index in [1.807, 2.05) is 6.07 Å². The summed E-state index contributed by atoms with van der Waals surface area (Å²) in [7, 11) is 0. The van der Waals surface area contributed by atoms with E-state index in [0.717, 1.165) is 25.0 Å². The maximum atomic E-state index is 12.1. The van der Waals surface area contributed by atoms with Gasteiger partial charge in [-0.1, -0.05) is 13.3 Å². The minimum atomic E-state index is -0.100. The standard InChI is InChI=1S/C13H19N3O2/c1-2-3-10-6-9(7-12(14)15-10)13(17)16-11-4-5-18-8-11/h6-7,11H,2-5,8H2,1H3,(H2,14,15)(H,16,17). The Morgan fingerprint density at radius 1 is 1.61 bits per heavy atom. The Balaban J connectivity index is 2.08. The molecular formula is C13H19N3O2. The molecule has 0 aliphatic carbocycles. The van der Waals surface area contributed by atoms with Crippen LogP contribution in [-0.4, -0.2) is 30.1 Å². The number of aromatic nitrogens is 1. The van der Waals surface area contributed by atoms with Crippen molar-refractivity contribution in [2.45, 2.75) is 32.2 Å². The van der Waals surface area contributed by atoms with Crippen LogP contribution in [0.3, 0.4) is 0 Å². The number of rotatable bonds is 4. The van der Waals surface area contributed by atoms with Crippen molar-refractivity contribution in [3.8, 4) is 0 Å². The second-order valence-corrected chi connectivity index (χ2v) is 4.56. The van der Waals surface area contributed by atoms with Crippen LogP contribution in [0, 0.1) is 0 Å². The molecule has 3 N–H and O–H groups in total. The van der Waals surface area contributed by atoms with Crippen LogP contribution in [0.2, 0.25) is 0 Å². The molecule has 5 heteroatoms. The molecule has 0 spiro atoms. The van der Waals surface area contributed by atoms with Gasteiger partial charge in [-0.2, -0.15) is 0 Å². The third-order valence-electron chi connectivity index (χ3n) is 2.93. The van der Waals surface area contributed by atoms with Gasteiger partial charge in [-0.05, 0) is 25.0 Å². The number of amides is 1. The zero-order chi connectivity index (χ0) is 13.0. The van der Waals surface area contributed by atoms with E-state index in [2.05, 4.69) is 17.2 Å². The van der Waals surface area contributed by atoms with Crippen LogP contribution in [0.1, 0.15) is 35.8 Å². The summed E-state index contributed by atoms with van der Waals surface area (Å²) in [5, 5.41) is 2.94. The maximum absolute atomic E-state index is 12.1. The van der Waals surface area contributed by atoms with Crippen LogP contribution in [0.15, 0.2) is 12.1 Å². The summed E-state index contributed by atoms with van der Waals surface area (Å²) in [6.45, 7) is 3.37. The molecule has 1 aromatic heterocycles. The summed E-state index contributed by atoms with van der Waals surface area (Å²) in [4.78, 5) is 16.3. The van der Waals surface area contributed by atoms with Crippen LogP contribution >= 0.6 is 0 Å². The van der Waals surface area contributed by atoms with E-state index in [1.165, 1.54) is 0 Å². The second-order valence-electron chi connectivity index (χ2n) is 4.56. The summed E-state index contributed by atoms with van der Waals surface area (Å²) in [6, 6.07) is 3.54. The SMILES string of the molecule is CCCc1cc(C(=O)NC2CCOC2)cc(N)n1. The van der Waals surface area contributed by atoms with Crippen LogP contribution in [0.4, 0.5) is 5.82 Å². The Bertz CT molecular complexity index is 428. The normalized spacial score (nSPS) is 18.8. The highest BCUT2D eigenvalue weighted by molar-refractivity contribution is 5.95. The zero-order valence-electron chi connectivity index (χ0n) is 10.6. The number of carbonyl (C=O) groups excluding carboxylic acids is 1.